The first-order valence-corrected chi connectivity index (χ1v) is 5.73. The van der Waals surface area contributed by atoms with Crippen molar-refractivity contribution in [2.75, 3.05) is 0 Å². The molecule has 2 aromatic carbocycles. The molecule has 0 unspecified atom stereocenters. The van der Waals surface area contributed by atoms with E-state index >= 15 is 0 Å². The Morgan fingerprint density at radius 2 is 1.53 bits per heavy atom. The summed E-state index contributed by atoms with van der Waals surface area (Å²) in [6.07, 6.45) is 6.12. The summed E-state index contributed by atoms with van der Waals surface area (Å²) in [6.45, 7) is 0. The van der Waals surface area contributed by atoms with Crippen LogP contribution in [0.1, 0.15) is 16.7 Å². The van der Waals surface area contributed by atoms with Gasteiger partial charge in [-0.15, -0.1) is 0 Å². The summed E-state index contributed by atoms with van der Waals surface area (Å²) in [6, 6.07) is 18.9. The molecule has 0 saturated carbocycles. The van der Waals surface area contributed by atoms with Crippen molar-refractivity contribution in [1.29, 1.82) is 0 Å². The molecule has 0 radical (unpaired) electrons. The van der Waals surface area contributed by atoms with Crippen LogP contribution in [-0.4, -0.2) is 0 Å². The molecule has 1 aliphatic rings. The van der Waals surface area contributed by atoms with Gasteiger partial charge >= 0.3 is 0 Å². The number of hydrogen-bond donors (Lipinski definition) is 1. The van der Waals surface area contributed by atoms with Gasteiger partial charge in [0.25, 0.3) is 0 Å². The topological polar surface area (TPSA) is 12.0 Å². The number of fused-ring (bicyclic) bond motifs is 1. The summed E-state index contributed by atoms with van der Waals surface area (Å²) in [5.41, 5.74) is 4.97. The van der Waals surface area contributed by atoms with Crippen LogP contribution in [0.2, 0.25) is 0 Å². The molecule has 0 atom stereocenters. The molecule has 17 heavy (non-hydrogen) atoms. The minimum absolute atomic E-state index is 1.23. The van der Waals surface area contributed by atoms with Crippen molar-refractivity contribution < 1.29 is 0 Å². The van der Waals surface area contributed by atoms with Gasteiger partial charge in [0.15, 0.2) is 0 Å². The molecule has 0 bridgehead atoms. The van der Waals surface area contributed by atoms with Gasteiger partial charge in [0.05, 0.1) is 0 Å². The zero-order valence-corrected chi connectivity index (χ0v) is 9.43. The SMILES string of the molecule is C1=Cc2ccccc2C(c2ccccc2)=CN1. The third kappa shape index (κ3) is 1.87. The first kappa shape index (κ1) is 9.91. The molecule has 0 spiro atoms. The molecule has 0 saturated heterocycles. The van der Waals surface area contributed by atoms with Crippen molar-refractivity contribution in [1.82, 2.24) is 5.32 Å². The van der Waals surface area contributed by atoms with E-state index in [1.807, 2.05) is 12.3 Å². The Morgan fingerprint density at radius 3 is 2.41 bits per heavy atom. The van der Waals surface area contributed by atoms with Gasteiger partial charge in [0, 0.05) is 18.0 Å². The molecule has 0 aromatic heterocycles. The van der Waals surface area contributed by atoms with Gasteiger partial charge in [-0.25, -0.2) is 0 Å². The van der Waals surface area contributed by atoms with Gasteiger partial charge in [-0.05, 0) is 22.8 Å². The van der Waals surface area contributed by atoms with Crippen LogP contribution in [0.4, 0.5) is 0 Å². The lowest BCUT2D eigenvalue weighted by Gasteiger charge is -2.09. The molecule has 1 nitrogen and oxygen atoms in total. The van der Waals surface area contributed by atoms with Gasteiger partial charge in [-0.2, -0.15) is 0 Å². The second-order valence-electron chi connectivity index (χ2n) is 4.01. The molecule has 1 heteroatoms. The highest BCUT2D eigenvalue weighted by atomic mass is 14.8. The minimum atomic E-state index is 1.23. The van der Waals surface area contributed by atoms with Crippen LogP contribution in [0.5, 0.6) is 0 Å². The van der Waals surface area contributed by atoms with Gasteiger partial charge < -0.3 is 5.32 Å². The average molecular weight is 219 g/mol. The summed E-state index contributed by atoms with van der Waals surface area (Å²) in [7, 11) is 0. The van der Waals surface area contributed by atoms with Crippen LogP contribution in [0, 0.1) is 0 Å². The van der Waals surface area contributed by atoms with Gasteiger partial charge in [0.1, 0.15) is 0 Å². The van der Waals surface area contributed by atoms with Crippen molar-refractivity contribution in [3.05, 3.63) is 83.7 Å². The summed E-state index contributed by atoms with van der Waals surface area (Å²) in [5, 5.41) is 3.20. The van der Waals surface area contributed by atoms with Crippen LogP contribution in [0.3, 0.4) is 0 Å². The number of hydrogen-bond acceptors (Lipinski definition) is 1. The fraction of sp³-hybridized carbons (Fsp3) is 0. The first-order valence-electron chi connectivity index (χ1n) is 5.73. The molecule has 1 N–H and O–H groups in total. The normalized spacial score (nSPS) is 13.3. The van der Waals surface area contributed by atoms with E-state index in [1.54, 1.807) is 0 Å². The zero-order chi connectivity index (χ0) is 11.5. The van der Waals surface area contributed by atoms with Crippen molar-refractivity contribution in [3.63, 3.8) is 0 Å². The fourth-order valence-corrected chi connectivity index (χ4v) is 2.09. The van der Waals surface area contributed by atoms with Gasteiger partial charge in [-0.3, -0.25) is 0 Å². The molecule has 3 rings (SSSR count). The van der Waals surface area contributed by atoms with Crippen molar-refractivity contribution in [3.8, 4) is 0 Å². The van der Waals surface area contributed by atoms with E-state index in [0.717, 1.165) is 0 Å². The Balaban J connectivity index is 2.17. The van der Waals surface area contributed by atoms with E-state index in [9.17, 15) is 0 Å². The van der Waals surface area contributed by atoms with Crippen molar-refractivity contribution >= 4 is 11.6 Å². The molecule has 2 aromatic rings. The largest absolute Gasteiger partial charge is 0.367 e. The Kier molecular flexibility index (Phi) is 2.51. The summed E-state index contributed by atoms with van der Waals surface area (Å²) < 4.78 is 0. The van der Waals surface area contributed by atoms with Crippen molar-refractivity contribution in [2.45, 2.75) is 0 Å². The van der Waals surface area contributed by atoms with Gasteiger partial charge in [0.2, 0.25) is 0 Å². The van der Waals surface area contributed by atoms with E-state index in [-0.39, 0.29) is 0 Å². The molecule has 1 aliphatic heterocycles. The summed E-state index contributed by atoms with van der Waals surface area (Å²) in [5.74, 6) is 0. The van der Waals surface area contributed by atoms with E-state index in [0.29, 0.717) is 0 Å². The Bertz CT molecular complexity index is 579. The van der Waals surface area contributed by atoms with Crippen LogP contribution in [-0.2, 0) is 0 Å². The maximum atomic E-state index is 3.20. The smallest absolute Gasteiger partial charge is 0.00898 e. The van der Waals surface area contributed by atoms with Crippen LogP contribution in [0.25, 0.3) is 11.6 Å². The average Bonchev–Trinajstić information content (AvgIpc) is 2.62. The molecule has 0 amide bonds. The van der Waals surface area contributed by atoms with Gasteiger partial charge in [-0.1, -0.05) is 54.6 Å². The Morgan fingerprint density at radius 1 is 0.765 bits per heavy atom. The first-order chi connectivity index (χ1) is 8.45. The highest BCUT2D eigenvalue weighted by molar-refractivity contribution is 5.85. The molecule has 0 fully saturated rings. The van der Waals surface area contributed by atoms with Crippen LogP contribution < -0.4 is 5.32 Å². The second kappa shape index (κ2) is 4.30. The lowest BCUT2D eigenvalue weighted by molar-refractivity contribution is 1.21. The maximum Gasteiger partial charge on any atom is 0.00898 e. The third-order valence-corrected chi connectivity index (χ3v) is 2.92. The molecule has 0 aliphatic carbocycles. The number of nitrogens with one attached hydrogen (secondary N) is 1. The highest BCUT2D eigenvalue weighted by Gasteiger charge is 2.09. The Hall–Kier alpha value is -2.28. The number of rotatable bonds is 1. The number of benzene rings is 2. The molecular weight excluding hydrogens is 206 g/mol. The standard InChI is InChI=1S/C16H13N/c1-2-6-13(7-3-1)16-12-17-11-10-14-8-4-5-9-15(14)16/h1-12,17H. The lowest BCUT2D eigenvalue weighted by atomic mass is 9.95. The van der Waals surface area contributed by atoms with E-state index < -0.39 is 0 Å². The summed E-state index contributed by atoms with van der Waals surface area (Å²) in [4.78, 5) is 0. The van der Waals surface area contributed by atoms with Crippen LogP contribution in [0.15, 0.2) is 67.0 Å². The molecule has 1 heterocycles. The quantitative estimate of drug-likeness (QED) is 0.772. The molecule has 82 valence electrons. The van der Waals surface area contributed by atoms with Crippen LogP contribution >= 0.6 is 0 Å². The van der Waals surface area contributed by atoms with E-state index in [2.05, 4.69) is 66.1 Å². The maximum absolute atomic E-state index is 3.20. The minimum Gasteiger partial charge on any atom is -0.367 e. The molecular formula is C16H13N. The second-order valence-corrected chi connectivity index (χ2v) is 4.01. The predicted octanol–water partition coefficient (Wildman–Crippen LogP) is 3.65. The highest BCUT2D eigenvalue weighted by Crippen LogP contribution is 2.27. The van der Waals surface area contributed by atoms with E-state index in [4.69, 9.17) is 0 Å². The van der Waals surface area contributed by atoms with E-state index in [1.165, 1.54) is 22.3 Å². The van der Waals surface area contributed by atoms with Crippen molar-refractivity contribution in [2.24, 2.45) is 0 Å². The monoisotopic (exact) mass is 219 g/mol. The predicted molar refractivity (Wildman–Crippen MR) is 72.1 cm³/mol. The third-order valence-electron chi connectivity index (χ3n) is 2.92. The summed E-state index contributed by atoms with van der Waals surface area (Å²) >= 11 is 0. The lowest BCUT2D eigenvalue weighted by Crippen LogP contribution is -1.94. The zero-order valence-electron chi connectivity index (χ0n) is 9.43. The fourth-order valence-electron chi connectivity index (χ4n) is 2.09. The Labute approximate surface area is 101 Å².